The van der Waals surface area contributed by atoms with E-state index in [0.717, 1.165) is 45.2 Å². The molecule has 3 N–H and O–H groups in total. The average molecular weight is 485 g/mol. The number of nitrogens with two attached hydrogens (primary N) is 1. The van der Waals surface area contributed by atoms with Crippen molar-refractivity contribution in [2.45, 2.75) is 64.2 Å². The molecule has 0 radical (unpaired) electrons. The first-order valence-corrected chi connectivity index (χ1v) is 12.8. The Kier molecular flexibility index (Phi) is 8.06. The smallest absolute Gasteiger partial charge is 0.412 e. The molecular formula is C25H36N6O4. The van der Waals surface area contributed by atoms with Crippen molar-refractivity contribution in [2.24, 2.45) is 23.0 Å². The summed E-state index contributed by atoms with van der Waals surface area (Å²) in [6.45, 7) is 3.02. The standard InChI is InChI=1S/C25H36N6O4/c1-31-12-5-17(6-13-31)7-14-34-22-20(23(32)35-24(27)33)21(29-19(15-26)30-22)28-16-18-3-10-25(11-4-18)8-2-9-25/h17-18H,2-14,16H2,1H3,(H2,27,33)(H,28,29,30). The van der Waals surface area contributed by atoms with Gasteiger partial charge < -0.3 is 25.4 Å². The minimum absolute atomic E-state index is 0.0599. The largest absolute Gasteiger partial charge is 0.477 e. The Morgan fingerprint density at radius 2 is 1.86 bits per heavy atom. The normalized spacial score (nSPS) is 20.6. The fraction of sp³-hybridized carbons (Fsp3) is 0.720. The molecule has 1 aromatic rings. The van der Waals surface area contributed by atoms with E-state index in [1.54, 1.807) is 0 Å². The van der Waals surface area contributed by atoms with Gasteiger partial charge in [-0.1, -0.05) is 6.42 Å². The third-order valence-corrected chi connectivity index (χ3v) is 8.11. The molecule has 1 spiro atoms. The second kappa shape index (κ2) is 11.2. The summed E-state index contributed by atoms with van der Waals surface area (Å²) in [5, 5.41) is 12.7. The first-order valence-electron chi connectivity index (χ1n) is 12.8. The maximum atomic E-state index is 12.8. The summed E-state index contributed by atoms with van der Waals surface area (Å²) < 4.78 is 10.5. The lowest BCUT2D eigenvalue weighted by Crippen LogP contribution is -2.35. The van der Waals surface area contributed by atoms with Crippen molar-refractivity contribution in [3.8, 4) is 11.9 Å². The highest BCUT2D eigenvalue weighted by molar-refractivity contribution is 6.01. The number of nitrogens with zero attached hydrogens (tertiary/aromatic N) is 4. The molecular weight excluding hydrogens is 448 g/mol. The Bertz CT molecular complexity index is 955. The Labute approximate surface area is 206 Å². The number of anilines is 1. The number of hydrogen-bond donors (Lipinski definition) is 2. The number of carbonyl (C=O) groups excluding carboxylic acids is 2. The van der Waals surface area contributed by atoms with E-state index < -0.39 is 12.1 Å². The molecule has 1 saturated heterocycles. The van der Waals surface area contributed by atoms with E-state index >= 15 is 0 Å². The molecule has 2 heterocycles. The summed E-state index contributed by atoms with van der Waals surface area (Å²) in [5.41, 5.74) is 5.55. The van der Waals surface area contributed by atoms with E-state index in [2.05, 4.69) is 32.0 Å². The molecule has 35 heavy (non-hydrogen) atoms. The summed E-state index contributed by atoms with van der Waals surface area (Å²) in [7, 11) is 2.11. The number of rotatable bonds is 8. The van der Waals surface area contributed by atoms with E-state index in [9.17, 15) is 14.9 Å². The number of ether oxygens (including phenoxy) is 2. The Balaban J connectivity index is 1.46. The zero-order valence-corrected chi connectivity index (χ0v) is 20.6. The maximum absolute atomic E-state index is 12.8. The second-order valence-electron chi connectivity index (χ2n) is 10.5. The molecule has 1 amide bonds. The number of aromatic nitrogens is 2. The van der Waals surface area contributed by atoms with Gasteiger partial charge in [0.05, 0.1) is 6.61 Å². The first kappa shape index (κ1) is 25.2. The van der Waals surface area contributed by atoms with E-state index in [4.69, 9.17) is 10.5 Å². The summed E-state index contributed by atoms with van der Waals surface area (Å²) >= 11 is 0. The van der Waals surface area contributed by atoms with Gasteiger partial charge in [0.2, 0.25) is 11.7 Å². The molecule has 0 unspecified atom stereocenters. The van der Waals surface area contributed by atoms with Crippen LogP contribution in [0.4, 0.5) is 10.6 Å². The number of piperidine rings is 1. The van der Waals surface area contributed by atoms with Gasteiger partial charge in [0.15, 0.2) is 5.56 Å². The number of nitriles is 1. The zero-order valence-electron chi connectivity index (χ0n) is 20.6. The molecule has 1 aliphatic heterocycles. The van der Waals surface area contributed by atoms with E-state index in [1.165, 1.54) is 32.1 Å². The zero-order chi connectivity index (χ0) is 24.8. The van der Waals surface area contributed by atoms with Crippen molar-refractivity contribution in [1.82, 2.24) is 14.9 Å². The molecule has 2 aliphatic carbocycles. The SMILES string of the molecule is CN1CCC(CCOc2nc(C#N)nc(NCC3CCC4(CCC4)CC3)c2C(=O)OC(N)=O)CC1. The Hall–Kier alpha value is -2.93. The summed E-state index contributed by atoms with van der Waals surface area (Å²) in [6, 6.07) is 1.93. The van der Waals surface area contributed by atoms with Gasteiger partial charge in [-0.15, -0.1) is 0 Å². The van der Waals surface area contributed by atoms with Crippen LogP contribution in [0.2, 0.25) is 0 Å². The van der Waals surface area contributed by atoms with Crippen LogP contribution in [-0.2, 0) is 4.74 Å². The topological polar surface area (TPSA) is 143 Å². The summed E-state index contributed by atoms with van der Waals surface area (Å²) in [4.78, 5) is 34.7. The van der Waals surface area contributed by atoms with Gasteiger partial charge in [0, 0.05) is 6.54 Å². The number of esters is 1. The monoisotopic (exact) mass is 484 g/mol. The molecule has 4 rings (SSSR count). The summed E-state index contributed by atoms with van der Waals surface area (Å²) in [5.74, 6) is -0.0652. The van der Waals surface area contributed by atoms with Crippen LogP contribution < -0.4 is 15.8 Å². The van der Waals surface area contributed by atoms with Crippen molar-refractivity contribution >= 4 is 17.9 Å². The molecule has 0 atom stereocenters. The van der Waals surface area contributed by atoms with Crippen molar-refractivity contribution < 1.29 is 19.1 Å². The predicted octanol–water partition coefficient (Wildman–Crippen LogP) is 3.47. The molecule has 10 nitrogen and oxygen atoms in total. The average Bonchev–Trinajstić information content (AvgIpc) is 2.82. The van der Waals surface area contributed by atoms with Crippen LogP contribution in [0.1, 0.15) is 80.4 Å². The number of carbonyl (C=O) groups is 2. The van der Waals surface area contributed by atoms with Crippen LogP contribution in [0.5, 0.6) is 5.88 Å². The van der Waals surface area contributed by atoms with Gasteiger partial charge in [-0.05, 0) is 95.2 Å². The highest BCUT2D eigenvalue weighted by Crippen LogP contribution is 2.52. The van der Waals surface area contributed by atoms with Crippen LogP contribution in [0, 0.1) is 28.6 Å². The van der Waals surface area contributed by atoms with E-state index in [0.29, 0.717) is 30.4 Å². The van der Waals surface area contributed by atoms with Gasteiger partial charge in [-0.2, -0.15) is 10.2 Å². The lowest BCUT2D eigenvalue weighted by Gasteiger charge is -2.47. The lowest BCUT2D eigenvalue weighted by atomic mass is 9.59. The quantitative estimate of drug-likeness (QED) is 0.418. The van der Waals surface area contributed by atoms with Crippen LogP contribution in [0.15, 0.2) is 0 Å². The molecule has 10 heteroatoms. The van der Waals surface area contributed by atoms with Crippen molar-refractivity contribution in [3.63, 3.8) is 0 Å². The summed E-state index contributed by atoms with van der Waals surface area (Å²) in [6.07, 6.45) is 10.5. The van der Waals surface area contributed by atoms with Gasteiger partial charge in [0.1, 0.15) is 11.9 Å². The number of amides is 1. The minimum Gasteiger partial charge on any atom is -0.477 e. The number of primary amides is 1. The van der Waals surface area contributed by atoms with Gasteiger partial charge in [-0.3, -0.25) is 0 Å². The van der Waals surface area contributed by atoms with Crippen LogP contribution in [-0.4, -0.2) is 60.2 Å². The molecule has 0 aromatic carbocycles. The number of nitrogens with one attached hydrogen (secondary N) is 1. The Morgan fingerprint density at radius 3 is 2.46 bits per heavy atom. The second-order valence-corrected chi connectivity index (χ2v) is 10.5. The van der Waals surface area contributed by atoms with E-state index in [-0.39, 0.29) is 23.1 Å². The molecule has 2 saturated carbocycles. The van der Waals surface area contributed by atoms with Crippen LogP contribution in [0.25, 0.3) is 0 Å². The first-order chi connectivity index (χ1) is 16.9. The molecule has 1 aromatic heterocycles. The molecule has 190 valence electrons. The van der Waals surface area contributed by atoms with Crippen LogP contribution in [0.3, 0.4) is 0 Å². The highest BCUT2D eigenvalue weighted by Gasteiger charge is 2.40. The third-order valence-electron chi connectivity index (χ3n) is 8.11. The fourth-order valence-corrected chi connectivity index (χ4v) is 5.63. The van der Waals surface area contributed by atoms with Gasteiger partial charge in [0.25, 0.3) is 0 Å². The van der Waals surface area contributed by atoms with Crippen molar-refractivity contribution in [3.05, 3.63) is 11.4 Å². The fourth-order valence-electron chi connectivity index (χ4n) is 5.63. The molecule has 3 fully saturated rings. The molecule has 3 aliphatic rings. The van der Waals surface area contributed by atoms with Crippen molar-refractivity contribution in [1.29, 1.82) is 5.26 Å². The minimum atomic E-state index is -1.22. The predicted molar refractivity (Wildman–Crippen MR) is 129 cm³/mol. The van der Waals surface area contributed by atoms with E-state index in [1.807, 2.05) is 6.07 Å². The highest BCUT2D eigenvalue weighted by atomic mass is 16.6. The Morgan fingerprint density at radius 1 is 1.14 bits per heavy atom. The van der Waals surface area contributed by atoms with Gasteiger partial charge in [-0.25, -0.2) is 14.6 Å². The van der Waals surface area contributed by atoms with Crippen LogP contribution >= 0.6 is 0 Å². The maximum Gasteiger partial charge on any atom is 0.412 e. The van der Waals surface area contributed by atoms with Gasteiger partial charge >= 0.3 is 12.1 Å². The van der Waals surface area contributed by atoms with Crippen molar-refractivity contribution in [2.75, 3.05) is 38.6 Å². The third kappa shape index (κ3) is 6.40. The number of likely N-dealkylation sites (tertiary alicyclic amines) is 1. The molecule has 0 bridgehead atoms. The number of hydrogen-bond acceptors (Lipinski definition) is 9. The lowest BCUT2D eigenvalue weighted by molar-refractivity contribution is 0.0580.